The summed E-state index contributed by atoms with van der Waals surface area (Å²) < 4.78 is 34.6. The Morgan fingerprint density at radius 2 is 1.81 bits per heavy atom. The lowest BCUT2D eigenvalue weighted by atomic mass is 10.3. The number of hydrogen-bond acceptors (Lipinski definition) is 8. The van der Waals surface area contributed by atoms with Gasteiger partial charge in [0.1, 0.15) is 5.75 Å². The Labute approximate surface area is 182 Å². The summed E-state index contributed by atoms with van der Waals surface area (Å²) in [5.74, 6) is 1.21. The zero-order valence-corrected chi connectivity index (χ0v) is 17.4. The number of aryl methyl sites for hydroxylation is 1. The minimum absolute atomic E-state index is 0.213. The summed E-state index contributed by atoms with van der Waals surface area (Å²) in [6.45, 7) is 1.87. The summed E-state index contributed by atoms with van der Waals surface area (Å²) in [6.07, 6.45) is 1.77. The van der Waals surface area contributed by atoms with Crippen LogP contribution >= 0.6 is 0 Å². The molecule has 0 saturated carbocycles. The van der Waals surface area contributed by atoms with Crippen LogP contribution in [-0.4, -0.2) is 33.3 Å². The highest BCUT2D eigenvalue weighted by molar-refractivity contribution is 7.92. The van der Waals surface area contributed by atoms with E-state index in [-0.39, 0.29) is 22.2 Å². The van der Waals surface area contributed by atoms with Crippen LogP contribution in [0.5, 0.6) is 11.6 Å². The van der Waals surface area contributed by atoms with E-state index in [0.29, 0.717) is 11.6 Å². The van der Waals surface area contributed by atoms with E-state index in [4.69, 9.17) is 4.74 Å². The molecule has 0 spiro atoms. The average Bonchev–Trinajstić information content (AvgIpc) is 3.22. The van der Waals surface area contributed by atoms with Crippen LogP contribution in [0.25, 0.3) is 5.82 Å². The first-order valence-electron chi connectivity index (χ1n) is 9.22. The van der Waals surface area contributed by atoms with Crippen molar-refractivity contribution in [2.75, 3.05) is 4.72 Å². The molecule has 2 aromatic carbocycles. The number of anilines is 1. The quantitative estimate of drug-likeness (QED) is 0.332. The van der Waals surface area contributed by atoms with E-state index < -0.39 is 14.9 Å². The molecule has 2 heterocycles. The SMILES string of the molecule is Cc1ccn(-c2ccc(Oc3ccc(NS(=O)(=O)c4cccc([N+](=O)[O-])c4)cc3)nn2)n1. The molecule has 0 aliphatic heterocycles. The molecule has 0 radical (unpaired) electrons. The van der Waals surface area contributed by atoms with Crippen molar-refractivity contribution < 1.29 is 18.1 Å². The van der Waals surface area contributed by atoms with Crippen LogP contribution in [0, 0.1) is 17.0 Å². The van der Waals surface area contributed by atoms with Gasteiger partial charge in [0.05, 0.1) is 15.5 Å². The maximum Gasteiger partial charge on any atom is 0.270 e. The molecular formula is C20H16N6O5S. The molecule has 2 aromatic heterocycles. The number of sulfonamides is 1. The Morgan fingerprint density at radius 1 is 1.03 bits per heavy atom. The lowest BCUT2D eigenvalue weighted by Gasteiger charge is -2.09. The Bertz CT molecular complexity index is 1370. The summed E-state index contributed by atoms with van der Waals surface area (Å²) in [6, 6.07) is 16.1. The van der Waals surface area contributed by atoms with Crippen molar-refractivity contribution >= 4 is 21.4 Å². The highest BCUT2D eigenvalue weighted by Gasteiger charge is 2.18. The molecule has 0 fully saturated rings. The lowest BCUT2D eigenvalue weighted by molar-refractivity contribution is -0.385. The minimum atomic E-state index is -4.00. The molecule has 0 atom stereocenters. The van der Waals surface area contributed by atoms with Gasteiger partial charge in [-0.15, -0.1) is 10.2 Å². The largest absolute Gasteiger partial charge is 0.438 e. The topological polar surface area (TPSA) is 142 Å². The summed E-state index contributed by atoms with van der Waals surface area (Å²) >= 11 is 0. The number of benzene rings is 2. The number of non-ortho nitro benzene ring substituents is 1. The van der Waals surface area contributed by atoms with Crippen LogP contribution in [0.15, 0.2) is 77.8 Å². The number of nitro benzene ring substituents is 1. The molecule has 0 aliphatic carbocycles. The van der Waals surface area contributed by atoms with Crippen LogP contribution in [0.3, 0.4) is 0 Å². The zero-order valence-electron chi connectivity index (χ0n) is 16.6. The predicted molar refractivity (Wildman–Crippen MR) is 114 cm³/mol. The van der Waals surface area contributed by atoms with Gasteiger partial charge in [0, 0.05) is 30.1 Å². The van der Waals surface area contributed by atoms with Crippen molar-refractivity contribution in [3.8, 4) is 17.4 Å². The van der Waals surface area contributed by atoms with E-state index >= 15 is 0 Å². The first kappa shape index (κ1) is 20.9. The first-order chi connectivity index (χ1) is 15.3. The molecule has 4 aromatic rings. The van der Waals surface area contributed by atoms with Crippen molar-refractivity contribution in [3.63, 3.8) is 0 Å². The van der Waals surface area contributed by atoms with Crippen molar-refractivity contribution in [3.05, 3.63) is 88.7 Å². The van der Waals surface area contributed by atoms with Gasteiger partial charge >= 0.3 is 0 Å². The van der Waals surface area contributed by atoms with E-state index in [2.05, 4.69) is 20.0 Å². The summed E-state index contributed by atoms with van der Waals surface area (Å²) in [7, 11) is -4.00. The van der Waals surface area contributed by atoms with Crippen LogP contribution in [0.4, 0.5) is 11.4 Å². The maximum atomic E-state index is 12.5. The van der Waals surface area contributed by atoms with Gasteiger partial charge in [-0.1, -0.05) is 6.07 Å². The molecular weight excluding hydrogens is 436 g/mol. The third-order valence-electron chi connectivity index (χ3n) is 4.25. The van der Waals surface area contributed by atoms with Crippen molar-refractivity contribution in [1.82, 2.24) is 20.0 Å². The van der Waals surface area contributed by atoms with E-state index in [9.17, 15) is 18.5 Å². The summed E-state index contributed by atoms with van der Waals surface area (Å²) in [4.78, 5) is 10.0. The number of nitrogens with zero attached hydrogens (tertiary/aromatic N) is 5. The van der Waals surface area contributed by atoms with Gasteiger partial charge < -0.3 is 4.74 Å². The minimum Gasteiger partial charge on any atom is -0.438 e. The molecule has 11 nitrogen and oxygen atoms in total. The second-order valence-corrected chi connectivity index (χ2v) is 8.30. The smallest absolute Gasteiger partial charge is 0.270 e. The van der Waals surface area contributed by atoms with Gasteiger partial charge in [-0.05, 0) is 49.4 Å². The zero-order chi connectivity index (χ0) is 22.7. The molecule has 0 saturated heterocycles. The fourth-order valence-corrected chi connectivity index (χ4v) is 3.82. The Balaban J connectivity index is 1.44. The molecule has 0 bridgehead atoms. The number of hydrogen-bond donors (Lipinski definition) is 1. The van der Waals surface area contributed by atoms with Crippen LogP contribution in [0.1, 0.15) is 5.69 Å². The third kappa shape index (κ3) is 4.70. The fourth-order valence-electron chi connectivity index (χ4n) is 2.72. The summed E-state index contributed by atoms with van der Waals surface area (Å²) in [5, 5.41) is 23.2. The van der Waals surface area contributed by atoms with Crippen molar-refractivity contribution in [2.45, 2.75) is 11.8 Å². The Morgan fingerprint density at radius 3 is 2.44 bits per heavy atom. The molecule has 0 amide bonds. The van der Waals surface area contributed by atoms with E-state index in [1.807, 2.05) is 13.0 Å². The molecule has 1 N–H and O–H groups in total. The number of ether oxygens (including phenoxy) is 1. The van der Waals surface area contributed by atoms with Crippen molar-refractivity contribution in [2.24, 2.45) is 0 Å². The Hall–Kier alpha value is -4.32. The van der Waals surface area contributed by atoms with E-state index in [0.717, 1.165) is 11.8 Å². The van der Waals surface area contributed by atoms with Crippen molar-refractivity contribution in [1.29, 1.82) is 0 Å². The number of rotatable bonds is 7. The van der Waals surface area contributed by atoms with Crippen LogP contribution in [0.2, 0.25) is 0 Å². The monoisotopic (exact) mass is 452 g/mol. The highest BCUT2D eigenvalue weighted by atomic mass is 32.2. The second-order valence-electron chi connectivity index (χ2n) is 6.62. The summed E-state index contributed by atoms with van der Waals surface area (Å²) in [5.41, 5.74) is 0.805. The number of nitrogens with one attached hydrogen (secondary N) is 1. The van der Waals surface area contributed by atoms with Gasteiger partial charge in [0.15, 0.2) is 5.82 Å². The van der Waals surface area contributed by atoms with E-state index in [1.165, 1.54) is 30.3 Å². The fraction of sp³-hybridized carbons (Fsp3) is 0.0500. The van der Waals surface area contributed by atoms with Gasteiger partial charge in [-0.3, -0.25) is 14.8 Å². The van der Waals surface area contributed by atoms with Gasteiger partial charge in [0.25, 0.3) is 15.7 Å². The molecule has 12 heteroatoms. The Kier molecular flexibility index (Phi) is 5.52. The first-order valence-corrected chi connectivity index (χ1v) is 10.7. The van der Waals surface area contributed by atoms with Crippen LogP contribution in [-0.2, 0) is 10.0 Å². The average molecular weight is 452 g/mol. The molecule has 0 aliphatic rings. The van der Waals surface area contributed by atoms with Crippen LogP contribution < -0.4 is 9.46 Å². The maximum absolute atomic E-state index is 12.5. The van der Waals surface area contributed by atoms with E-state index in [1.54, 1.807) is 35.1 Å². The van der Waals surface area contributed by atoms with Gasteiger partial charge in [-0.25, -0.2) is 13.1 Å². The van der Waals surface area contributed by atoms with Gasteiger partial charge in [-0.2, -0.15) is 5.10 Å². The predicted octanol–water partition coefficient (Wildman–Crippen LogP) is 3.47. The molecule has 162 valence electrons. The van der Waals surface area contributed by atoms with Gasteiger partial charge in [0.2, 0.25) is 5.88 Å². The lowest BCUT2D eigenvalue weighted by Crippen LogP contribution is -2.13. The second kappa shape index (κ2) is 8.43. The normalized spacial score (nSPS) is 11.2. The third-order valence-corrected chi connectivity index (χ3v) is 5.63. The standard InChI is InChI=1S/C20H16N6O5S/c1-14-11-12-25(23-14)19-9-10-20(22-21-19)31-17-7-5-15(6-8-17)24-32(29,30)18-4-2-3-16(13-18)26(27)28/h2-13,24H,1H3. The molecule has 0 unspecified atom stereocenters. The molecule has 4 rings (SSSR count). The molecule has 32 heavy (non-hydrogen) atoms. The number of aromatic nitrogens is 4. The number of nitro groups is 1. The highest BCUT2D eigenvalue weighted by Crippen LogP contribution is 2.24.